The lowest BCUT2D eigenvalue weighted by molar-refractivity contribution is -0.145. The van der Waals surface area contributed by atoms with Gasteiger partial charge in [0.05, 0.1) is 13.2 Å². The highest BCUT2D eigenvalue weighted by Crippen LogP contribution is 2.37. The van der Waals surface area contributed by atoms with Crippen LogP contribution in [0.1, 0.15) is 43.7 Å². The van der Waals surface area contributed by atoms with Crippen LogP contribution in [0.5, 0.6) is 5.75 Å². The van der Waals surface area contributed by atoms with Crippen LogP contribution < -0.4 is 4.74 Å². The van der Waals surface area contributed by atoms with Gasteiger partial charge in [0.15, 0.2) is 0 Å². The van der Waals surface area contributed by atoms with Gasteiger partial charge in [0, 0.05) is 18.5 Å². The molecule has 148 valence electrons. The van der Waals surface area contributed by atoms with Crippen LogP contribution >= 0.6 is 0 Å². The average molecular weight is 372 g/mol. The largest absolute Gasteiger partial charge is 0.497 e. The van der Waals surface area contributed by atoms with E-state index in [4.69, 9.17) is 4.74 Å². The van der Waals surface area contributed by atoms with Gasteiger partial charge in [-0.3, -0.25) is 4.79 Å². The van der Waals surface area contributed by atoms with Gasteiger partial charge >= 0.3 is 0 Å². The molecule has 5 nitrogen and oxygen atoms in total. The number of carbonyl (C=O) groups excluding carboxylic acids is 1. The molecule has 0 aliphatic carbocycles. The zero-order chi connectivity index (χ0) is 18.8. The van der Waals surface area contributed by atoms with Gasteiger partial charge in [-0.05, 0) is 83.0 Å². The van der Waals surface area contributed by atoms with Crippen LogP contribution in [-0.4, -0.2) is 73.5 Å². The minimum atomic E-state index is 0.209. The predicted molar refractivity (Wildman–Crippen MR) is 107 cm³/mol. The highest BCUT2D eigenvalue weighted by molar-refractivity contribution is 5.80. The third-order valence-corrected chi connectivity index (χ3v) is 6.86. The summed E-state index contributed by atoms with van der Waals surface area (Å²) < 4.78 is 5.35. The van der Waals surface area contributed by atoms with Gasteiger partial charge < -0.3 is 19.4 Å². The maximum atomic E-state index is 13.1. The number of amides is 1. The lowest BCUT2D eigenvalue weighted by Gasteiger charge is -2.45. The van der Waals surface area contributed by atoms with E-state index in [9.17, 15) is 4.79 Å². The van der Waals surface area contributed by atoms with E-state index in [0.29, 0.717) is 5.91 Å². The van der Waals surface area contributed by atoms with E-state index in [1.165, 1.54) is 31.5 Å². The van der Waals surface area contributed by atoms with Crippen LogP contribution in [-0.2, 0) is 4.79 Å². The molecule has 1 atom stereocenters. The van der Waals surface area contributed by atoms with Crippen LogP contribution in [0, 0.1) is 5.92 Å². The second-order valence-electron chi connectivity index (χ2n) is 8.46. The number of ether oxygens (including phenoxy) is 1. The van der Waals surface area contributed by atoms with Crippen molar-refractivity contribution in [3.63, 3.8) is 0 Å². The lowest BCUT2D eigenvalue weighted by atomic mass is 9.88. The smallest absolute Gasteiger partial charge is 0.226 e. The molecule has 0 radical (unpaired) electrons. The van der Waals surface area contributed by atoms with Crippen molar-refractivity contribution in [2.75, 3.05) is 46.9 Å². The summed E-state index contributed by atoms with van der Waals surface area (Å²) in [5, 5.41) is 0. The molecule has 1 aromatic rings. The van der Waals surface area contributed by atoms with E-state index in [1.54, 1.807) is 7.11 Å². The number of carbonyl (C=O) groups is 1. The maximum Gasteiger partial charge on any atom is 0.226 e. The zero-order valence-electron chi connectivity index (χ0n) is 16.8. The summed E-state index contributed by atoms with van der Waals surface area (Å²) in [6.07, 6.45) is 5.66. The molecule has 0 bridgehead atoms. The van der Waals surface area contributed by atoms with Crippen molar-refractivity contribution in [1.29, 1.82) is 0 Å². The Kier molecular flexibility index (Phi) is 5.69. The Morgan fingerprint density at radius 1 is 1.00 bits per heavy atom. The number of nitrogens with zero attached hydrogens (tertiary/aromatic N) is 3. The monoisotopic (exact) mass is 371 g/mol. The molecule has 1 aromatic carbocycles. The Morgan fingerprint density at radius 2 is 1.74 bits per heavy atom. The van der Waals surface area contributed by atoms with Crippen molar-refractivity contribution in [3.05, 3.63) is 29.8 Å². The average Bonchev–Trinajstić information content (AvgIpc) is 2.68. The number of piperidine rings is 2. The first-order valence-corrected chi connectivity index (χ1v) is 10.5. The van der Waals surface area contributed by atoms with E-state index < -0.39 is 0 Å². The van der Waals surface area contributed by atoms with Crippen molar-refractivity contribution in [1.82, 2.24) is 14.7 Å². The molecular formula is C22H33N3O2. The third kappa shape index (κ3) is 3.99. The van der Waals surface area contributed by atoms with Crippen LogP contribution in [0.15, 0.2) is 24.3 Å². The summed E-state index contributed by atoms with van der Waals surface area (Å²) in [6.45, 7) is 5.49. The van der Waals surface area contributed by atoms with Gasteiger partial charge in [0.2, 0.25) is 5.91 Å². The quantitative estimate of drug-likeness (QED) is 0.815. The summed E-state index contributed by atoms with van der Waals surface area (Å²) in [5.41, 5.74) is 1.21. The molecule has 5 heteroatoms. The molecule has 0 unspecified atom stereocenters. The number of hydrogen-bond acceptors (Lipinski definition) is 4. The Labute approximate surface area is 163 Å². The molecule has 27 heavy (non-hydrogen) atoms. The van der Waals surface area contributed by atoms with Crippen molar-refractivity contribution in [2.45, 2.75) is 44.2 Å². The molecule has 3 fully saturated rings. The zero-order valence-corrected chi connectivity index (χ0v) is 16.8. The van der Waals surface area contributed by atoms with E-state index in [-0.39, 0.29) is 12.0 Å². The Balaban J connectivity index is 1.31. The fourth-order valence-electron chi connectivity index (χ4n) is 4.95. The minimum Gasteiger partial charge on any atom is -0.497 e. The molecule has 0 aromatic heterocycles. The van der Waals surface area contributed by atoms with Gasteiger partial charge in [-0.15, -0.1) is 0 Å². The first kappa shape index (κ1) is 18.8. The molecule has 1 amide bonds. The number of likely N-dealkylation sites (tertiary alicyclic amines) is 3. The van der Waals surface area contributed by atoms with Crippen LogP contribution in [0.3, 0.4) is 0 Å². The molecule has 3 aliphatic rings. The van der Waals surface area contributed by atoms with Crippen molar-refractivity contribution < 1.29 is 9.53 Å². The minimum absolute atomic E-state index is 0.209. The molecule has 3 aliphatic heterocycles. The molecule has 3 saturated heterocycles. The summed E-state index contributed by atoms with van der Waals surface area (Å²) >= 11 is 0. The summed E-state index contributed by atoms with van der Waals surface area (Å²) in [6, 6.07) is 9.15. The van der Waals surface area contributed by atoms with Gasteiger partial charge in [0.1, 0.15) is 5.75 Å². The fourth-order valence-corrected chi connectivity index (χ4v) is 4.95. The van der Waals surface area contributed by atoms with Crippen molar-refractivity contribution in [2.24, 2.45) is 5.92 Å². The van der Waals surface area contributed by atoms with Gasteiger partial charge in [-0.2, -0.15) is 0 Å². The van der Waals surface area contributed by atoms with Gasteiger partial charge in [-0.1, -0.05) is 12.1 Å². The third-order valence-electron chi connectivity index (χ3n) is 6.86. The molecule has 4 rings (SSSR count). The van der Waals surface area contributed by atoms with E-state index in [2.05, 4.69) is 33.9 Å². The number of benzene rings is 1. The normalized spacial score (nSPS) is 26.0. The first-order chi connectivity index (χ1) is 13.2. The number of hydrogen-bond donors (Lipinski definition) is 0. The van der Waals surface area contributed by atoms with E-state index in [1.807, 2.05) is 12.1 Å². The number of rotatable bonds is 4. The maximum absolute atomic E-state index is 13.1. The second-order valence-corrected chi connectivity index (χ2v) is 8.46. The molecule has 0 spiro atoms. The first-order valence-electron chi connectivity index (χ1n) is 10.5. The van der Waals surface area contributed by atoms with Crippen LogP contribution in [0.4, 0.5) is 0 Å². The van der Waals surface area contributed by atoms with E-state index in [0.717, 1.165) is 50.7 Å². The highest BCUT2D eigenvalue weighted by Gasteiger charge is 2.38. The topological polar surface area (TPSA) is 36.0 Å². The highest BCUT2D eigenvalue weighted by atomic mass is 16.5. The molecular weight excluding hydrogens is 338 g/mol. The van der Waals surface area contributed by atoms with Crippen molar-refractivity contribution >= 4 is 5.91 Å². The van der Waals surface area contributed by atoms with Crippen LogP contribution in [0.2, 0.25) is 0 Å². The fraction of sp³-hybridized carbons (Fsp3) is 0.682. The number of methoxy groups -OCH3 is 1. The second kappa shape index (κ2) is 8.19. The Morgan fingerprint density at radius 3 is 2.37 bits per heavy atom. The molecule has 0 N–H and O–H groups in total. The molecule has 0 saturated carbocycles. The Bertz CT molecular complexity index is 649. The lowest BCUT2D eigenvalue weighted by Crippen LogP contribution is -2.52. The summed E-state index contributed by atoms with van der Waals surface area (Å²) in [4.78, 5) is 20.3. The summed E-state index contributed by atoms with van der Waals surface area (Å²) in [5.74, 6) is 1.45. The van der Waals surface area contributed by atoms with Crippen molar-refractivity contribution in [3.8, 4) is 5.75 Å². The van der Waals surface area contributed by atoms with Crippen LogP contribution in [0.25, 0.3) is 0 Å². The Hall–Kier alpha value is -1.59. The van der Waals surface area contributed by atoms with Gasteiger partial charge in [-0.25, -0.2) is 0 Å². The SMILES string of the molecule is COc1cccc([C@@H]2CCN2C(=O)C2CCN(C3CCN(C)CC3)CC2)c1. The molecule has 3 heterocycles. The standard InChI is InChI=1S/C22H33N3O2/c1-23-11-8-19(9-12-23)24-13-6-17(7-14-24)22(26)25-15-10-21(25)18-4-3-5-20(16-18)27-2/h3-5,16-17,19,21H,6-15H2,1-2H3/t21-/m0/s1. The summed E-state index contributed by atoms with van der Waals surface area (Å²) in [7, 11) is 3.91. The van der Waals surface area contributed by atoms with Gasteiger partial charge in [0.25, 0.3) is 0 Å². The van der Waals surface area contributed by atoms with E-state index >= 15 is 0 Å². The predicted octanol–water partition coefficient (Wildman–Crippen LogP) is 2.77.